The summed E-state index contributed by atoms with van der Waals surface area (Å²) >= 11 is 0. The van der Waals surface area contributed by atoms with Crippen LogP contribution in [0.5, 0.6) is 0 Å². The van der Waals surface area contributed by atoms with Gasteiger partial charge in [0.05, 0.1) is 0 Å². The number of benzene rings is 1. The van der Waals surface area contributed by atoms with Crippen LogP contribution in [0.15, 0.2) is 36.7 Å². The van der Waals surface area contributed by atoms with Gasteiger partial charge in [-0.3, -0.25) is 4.79 Å². The highest BCUT2D eigenvalue weighted by Crippen LogP contribution is 2.21. The number of anilines is 3. The van der Waals surface area contributed by atoms with Gasteiger partial charge in [0.15, 0.2) is 0 Å². The summed E-state index contributed by atoms with van der Waals surface area (Å²) in [6.07, 6.45) is 5.91. The lowest BCUT2D eigenvalue weighted by atomic mass is 10.2. The van der Waals surface area contributed by atoms with Crippen LogP contribution in [0, 0.1) is 0 Å². The molecule has 1 aromatic carbocycles. The highest BCUT2D eigenvalue weighted by atomic mass is 16.1. The molecule has 1 aliphatic carbocycles. The minimum atomic E-state index is -0.126. The number of nitrogens with one attached hydrogen (secondary N) is 2. The molecule has 2 N–H and O–H groups in total. The van der Waals surface area contributed by atoms with Crippen LogP contribution in [0.2, 0.25) is 0 Å². The van der Waals surface area contributed by atoms with Gasteiger partial charge in [0.2, 0.25) is 0 Å². The fourth-order valence-corrected chi connectivity index (χ4v) is 3.37. The maximum atomic E-state index is 12.4. The largest absolute Gasteiger partial charge is 0.372 e. The number of carbonyl (C=O) groups excluding carboxylic acids is 1. The second-order valence-corrected chi connectivity index (χ2v) is 6.59. The molecule has 1 fully saturated rings. The number of nitrogens with zero attached hydrogens (tertiary/aromatic N) is 3. The van der Waals surface area contributed by atoms with E-state index < -0.39 is 0 Å². The Morgan fingerprint density at radius 1 is 1.12 bits per heavy atom. The smallest absolute Gasteiger partial charge is 0.270 e. The summed E-state index contributed by atoms with van der Waals surface area (Å²) in [7, 11) is 0. The summed E-state index contributed by atoms with van der Waals surface area (Å²) in [5, 5.41) is 6.30. The normalized spacial score (nSPS) is 14.2. The van der Waals surface area contributed by atoms with Crippen molar-refractivity contribution in [2.24, 2.45) is 0 Å². The summed E-state index contributed by atoms with van der Waals surface area (Å²) in [5.41, 5.74) is 2.52. The van der Waals surface area contributed by atoms with E-state index in [4.69, 9.17) is 0 Å². The van der Waals surface area contributed by atoms with Gasteiger partial charge in [-0.05, 0) is 51.0 Å². The van der Waals surface area contributed by atoms with Gasteiger partial charge in [-0.1, -0.05) is 12.8 Å². The zero-order valence-corrected chi connectivity index (χ0v) is 15.5. The molecule has 0 bridgehead atoms. The van der Waals surface area contributed by atoms with Gasteiger partial charge in [-0.2, -0.15) is 0 Å². The Morgan fingerprint density at radius 2 is 1.81 bits per heavy atom. The number of rotatable bonds is 7. The molecule has 2 aromatic rings. The Morgan fingerprint density at radius 3 is 2.46 bits per heavy atom. The Balaban J connectivity index is 1.65. The quantitative estimate of drug-likeness (QED) is 0.793. The maximum Gasteiger partial charge on any atom is 0.270 e. The van der Waals surface area contributed by atoms with Crippen molar-refractivity contribution < 1.29 is 4.79 Å². The van der Waals surface area contributed by atoms with Crippen molar-refractivity contribution >= 4 is 23.1 Å². The van der Waals surface area contributed by atoms with Crippen LogP contribution in [0.4, 0.5) is 17.2 Å². The summed E-state index contributed by atoms with van der Waals surface area (Å²) in [4.78, 5) is 23.0. The van der Waals surface area contributed by atoms with Crippen LogP contribution in [0.25, 0.3) is 0 Å². The summed E-state index contributed by atoms with van der Waals surface area (Å²) in [6.45, 7) is 6.26. The van der Waals surface area contributed by atoms with Crippen molar-refractivity contribution in [1.82, 2.24) is 15.3 Å². The maximum absolute atomic E-state index is 12.4. The molecule has 138 valence electrons. The average Bonchev–Trinajstić information content (AvgIpc) is 3.17. The molecule has 0 spiro atoms. The van der Waals surface area contributed by atoms with Crippen LogP contribution in [0.3, 0.4) is 0 Å². The molecule has 6 nitrogen and oxygen atoms in total. The Hall–Kier alpha value is -2.63. The monoisotopic (exact) mass is 353 g/mol. The van der Waals surface area contributed by atoms with Crippen molar-refractivity contribution in [1.29, 1.82) is 0 Å². The zero-order chi connectivity index (χ0) is 18.4. The van der Waals surface area contributed by atoms with Gasteiger partial charge < -0.3 is 15.5 Å². The summed E-state index contributed by atoms with van der Waals surface area (Å²) < 4.78 is 0. The minimum Gasteiger partial charge on any atom is -0.372 e. The molecule has 1 saturated carbocycles. The van der Waals surface area contributed by atoms with Gasteiger partial charge >= 0.3 is 0 Å². The Bertz CT molecular complexity index is 721. The van der Waals surface area contributed by atoms with Crippen molar-refractivity contribution in [3.63, 3.8) is 0 Å². The van der Waals surface area contributed by atoms with Gasteiger partial charge in [-0.25, -0.2) is 9.97 Å². The van der Waals surface area contributed by atoms with Crippen molar-refractivity contribution in [2.45, 2.75) is 45.6 Å². The van der Waals surface area contributed by atoms with Gasteiger partial charge in [0.25, 0.3) is 5.91 Å². The molecule has 6 heteroatoms. The first kappa shape index (κ1) is 18.2. The van der Waals surface area contributed by atoms with Crippen molar-refractivity contribution in [3.8, 4) is 0 Å². The third-order valence-electron chi connectivity index (χ3n) is 4.86. The van der Waals surface area contributed by atoms with Gasteiger partial charge in [0, 0.05) is 36.6 Å². The first-order chi connectivity index (χ1) is 12.7. The SMILES string of the molecule is CCN(CC)c1ccc(Nc2cc(C(=O)NC3CCCC3)ncn2)cc1. The standard InChI is InChI=1S/C20H27N5O/c1-3-25(4-2)17-11-9-16(10-12-17)23-19-13-18(21-14-22-19)20(26)24-15-7-5-6-8-15/h9-15H,3-8H2,1-2H3,(H,24,26)(H,21,22,23). The molecule has 1 aliphatic rings. The van der Waals surface area contributed by atoms with Crippen LogP contribution in [-0.2, 0) is 0 Å². The number of hydrogen-bond acceptors (Lipinski definition) is 5. The van der Waals surface area contributed by atoms with E-state index >= 15 is 0 Å². The molecule has 1 aromatic heterocycles. The van der Waals surface area contributed by atoms with Crippen molar-refractivity contribution in [2.75, 3.05) is 23.3 Å². The lowest BCUT2D eigenvalue weighted by Gasteiger charge is -2.21. The fourth-order valence-electron chi connectivity index (χ4n) is 3.37. The van der Waals surface area contributed by atoms with E-state index in [0.29, 0.717) is 11.5 Å². The fraction of sp³-hybridized carbons (Fsp3) is 0.450. The second kappa shape index (κ2) is 8.65. The minimum absolute atomic E-state index is 0.126. The molecule has 1 heterocycles. The molecule has 0 aliphatic heterocycles. The number of hydrogen-bond donors (Lipinski definition) is 2. The van der Waals surface area contributed by atoms with E-state index in [1.54, 1.807) is 6.07 Å². The highest BCUT2D eigenvalue weighted by molar-refractivity contribution is 5.93. The number of aromatic nitrogens is 2. The van der Waals surface area contributed by atoms with Crippen LogP contribution < -0.4 is 15.5 Å². The van der Waals surface area contributed by atoms with Gasteiger partial charge in [-0.15, -0.1) is 0 Å². The summed E-state index contributed by atoms with van der Waals surface area (Å²) in [5.74, 6) is 0.492. The molecule has 0 atom stereocenters. The number of carbonyl (C=O) groups is 1. The third kappa shape index (κ3) is 4.50. The molecule has 0 saturated heterocycles. The first-order valence-corrected chi connectivity index (χ1v) is 9.44. The molecule has 0 unspecified atom stereocenters. The predicted molar refractivity (Wildman–Crippen MR) is 105 cm³/mol. The molecular weight excluding hydrogens is 326 g/mol. The van der Waals surface area contributed by atoms with E-state index in [2.05, 4.69) is 51.5 Å². The Kier molecular flexibility index (Phi) is 6.04. The van der Waals surface area contributed by atoms with Gasteiger partial charge in [0.1, 0.15) is 17.8 Å². The lowest BCUT2D eigenvalue weighted by molar-refractivity contribution is 0.0932. The highest BCUT2D eigenvalue weighted by Gasteiger charge is 2.19. The van der Waals surface area contributed by atoms with E-state index in [1.807, 2.05) is 12.1 Å². The lowest BCUT2D eigenvalue weighted by Crippen LogP contribution is -2.33. The number of amides is 1. The van der Waals surface area contributed by atoms with Crippen LogP contribution >= 0.6 is 0 Å². The topological polar surface area (TPSA) is 70.2 Å². The molecule has 0 radical (unpaired) electrons. The first-order valence-electron chi connectivity index (χ1n) is 9.44. The van der Waals surface area contributed by atoms with E-state index in [-0.39, 0.29) is 11.9 Å². The third-order valence-corrected chi connectivity index (χ3v) is 4.86. The van der Waals surface area contributed by atoms with E-state index in [9.17, 15) is 4.79 Å². The average molecular weight is 353 g/mol. The molecule has 26 heavy (non-hydrogen) atoms. The van der Waals surface area contributed by atoms with Crippen LogP contribution in [0.1, 0.15) is 50.0 Å². The van der Waals surface area contributed by atoms with Crippen molar-refractivity contribution in [3.05, 3.63) is 42.4 Å². The molecular formula is C20H27N5O. The molecule has 1 amide bonds. The van der Waals surface area contributed by atoms with Crippen LogP contribution in [-0.4, -0.2) is 35.0 Å². The summed E-state index contributed by atoms with van der Waals surface area (Å²) in [6, 6.07) is 10.2. The van der Waals surface area contributed by atoms with E-state index in [0.717, 1.165) is 31.6 Å². The van der Waals surface area contributed by atoms with E-state index in [1.165, 1.54) is 24.9 Å². The molecule has 3 rings (SSSR count). The second-order valence-electron chi connectivity index (χ2n) is 6.59. The Labute approximate surface area is 155 Å². The predicted octanol–water partition coefficient (Wildman–Crippen LogP) is 3.74. The zero-order valence-electron chi connectivity index (χ0n) is 15.5.